The van der Waals surface area contributed by atoms with Gasteiger partial charge in [0.2, 0.25) is 0 Å². The van der Waals surface area contributed by atoms with Crippen LogP contribution < -0.4 is 11.2 Å². The molecule has 0 amide bonds. The van der Waals surface area contributed by atoms with Gasteiger partial charge in [0, 0.05) is 14.1 Å². The maximum absolute atomic E-state index is 11.8. The molecule has 0 saturated heterocycles. The number of oxime groups is 1. The van der Waals surface area contributed by atoms with Gasteiger partial charge >= 0.3 is 5.69 Å². The third-order valence-corrected chi connectivity index (χ3v) is 3.65. The maximum Gasteiger partial charge on any atom is 0.331 e. The van der Waals surface area contributed by atoms with Crippen LogP contribution >= 0.6 is 11.8 Å². The minimum absolute atomic E-state index is 0.232. The first kappa shape index (κ1) is 13.6. The first-order chi connectivity index (χ1) is 8.04. The number of aromatic nitrogens is 2. The molecule has 0 spiro atoms. The Morgan fingerprint density at radius 2 is 2.00 bits per heavy atom. The molecular weight excluding hydrogens is 242 g/mol. The molecule has 0 radical (unpaired) electrons. The molecule has 1 aromatic rings. The van der Waals surface area contributed by atoms with Crippen molar-refractivity contribution in [3.8, 4) is 0 Å². The molecule has 0 aliphatic rings. The molecule has 0 aliphatic carbocycles. The first-order valence-electron chi connectivity index (χ1n) is 5.14. The van der Waals surface area contributed by atoms with E-state index in [1.807, 2.05) is 6.92 Å². The van der Waals surface area contributed by atoms with Gasteiger partial charge in [-0.2, -0.15) is 0 Å². The van der Waals surface area contributed by atoms with Crippen LogP contribution in [0.15, 0.2) is 19.8 Å². The lowest BCUT2D eigenvalue weighted by molar-refractivity contribution is 0.321. The van der Waals surface area contributed by atoms with Gasteiger partial charge < -0.3 is 5.21 Å². The molecule has 0 saturated carbocycles. The molecule has 0 aliphatic heterocycles. The summed E-state index contributed by atoms with van der Waals surface area (Å²) in [6, 6.07) is 0. The Kier molecular flexibility index (Phi) is 4.56. The zero-order chi connectivity index (χ0) is 13.0. The largest absolute Gasteiger partial charge is 0.411 e. The van der Waals surface area contributed by atoms with E-state index in [1.54, 1.807) is 7.05 Å². The SMILES string of the molecule is CCCSc1c(C=NO)c(=O)n(C)c(=O)n1C. The summed E-state index contributed by atoms with van der Waals surface area (Å²) in [6.07, 6.45) is 1.99. The van der Waals surface area contributed by atoms with E-state index in [0.29, 0.717) is 5.03 Å². The van der Waals surface area contributed by atoms with E-state index in [1.165, 1.54) is 23.4 Å². The Hall–Kier alpha value is -1.50. The van der Waals surface area contributed by atoms with E-state index in [0.717, 1.165) is 23.0 Å². The van der Waals surface area contributed by atoms with Crippen molar-refractivity contribution < 1.29 is 5.21 Å². The first-order valence-corrected chi connectivity index (χ1v) is 6.13. The zero-order valence-electron chi connectivity index (χ0n) is 10.0. The van der Waals surface area contributed by atoms with Crippen molar-refractivity contribution in [1.29, 1.82) is 0 Å². The second-order valence-electron chi connectivity index (χ2n) is 3.52. The Bertz CT molecular complexity index is 545. The molecule has 6 nitrogen and oxygen atoms in total. The van der Waals surface area contributed by atoms with Crippen LogP contribution in [0, 0.1) is 0 Å². The molecule has 1 aromatic heterocycles. The summed E-state index contributed by atoms with van der Waals surface area (Å²) < 4.78 is 2.38. The van der Waals surface area contributed by atoms with Crippen molar-refractivity contribution in [3.63, 3.8) is 0 Å². The summed E-state index contributed by atoms with van der Waals surface area (Å²) in [7, 11) is 2.99. The molecule has 0 bridgehead atoms. The van der Waals surface area contributed by atoms with E-state index < -0.39 is 5.56 Å². The average Bonchev–Trinajstić information content (AvgIpc) is 2.33. The van der Waals surface area contributed by atoms with E-state index >= 15 is 0 Å². The maximum atomic E-state index is 11.8. The quantitative estimate of drug-likeness (QED) is 0.278. The standard InChI is InChI=1S/C10H15N3O3S/c1-4-5-17-9-7(6-11-16)8(14)12(2)10(15)13(9)3/h6,16H,4-5H2,1-3H3. The Morgan fingerprint density at radius 3 is 2.53 bits per heavy atom. The highest BCUT2D eigenvalue weighted by Gasteiger charge is 2.14. The highest BCUT2D eigenvalue weighted by atomic mass is 32.2. The lowest BCUT2D eigenvalue weighted by Crippen LogP contribution is -2.40. The lowest BCUT2D eigenvalue weighted by Gasteiger charge is -2.11. The van der Waals surface area contributed by atoms with E-state index in [4.69, 9.17) is 5.21 Å². The Balaban J connectivity index is 3.54. The molecule has 17 heavy (non-hydrogen) atoms. The van der Waals surface area contributed by atoms with Gasteiger partial charge in [-0.1, -0.05) is 12.1 Å². The molecule has 0 atom stereocenters. The fourth-order valence-electron chi connectivity index (χ4n) is 1.39. The van der Waals surface area contributed by atoms with Crippen molar-refractivity contribution in [2.45, 2.75) is 18.4 Å². The van der Waals surface area contributed by atoms with Crippen LogP contribution in [-0.2, 0) is 14.1 Å². The van der Waals surface area contributed by atoms with Gasteiger partial charge in [-0.05, 0) is 12.2 Å². The molecule has 1 heterocycles. The van der Waals surface area contributed by atoms with Gasteiger partial charge in [-0.15, -0.1) is 11.8 Å². The Labute approximate surface area is 103 Å². The van der Waals surface area contributed by atoms with E-state index in [2.05, 4.69) is 5.16 Å². The van der Waals surface area contributed by atoms with Crippen molar-refractivity contribution in [2.75, 3.05) is 5.75 Å². The van der Waals surface area contributed by atoms with Crippen molar-refractivity contribution in [2.24, 2.45) is 19.3 Å². The average molecular weight is 257 g/mol. The van der Waals surface area contributed by atoms with Crippen LogP contribution in [0.1, 0.15) is 18.9 Å². The van der Waals surface area contributed by atoms with Crippen LogP contribution in [0.3, 0.4) is 0 Å². The lowest BCUT2D eigenvalue weighted by atomic mass is 10.3. The number of hydrogen-bond donors (Lipinski definition) is 1. The van der Waals surface area contributed by atoms with Crippen molar-refractivity contribution >= 4 is 18.0 Å². The zero-order valence-corrected chi connectivity index (χ0v) is 10.8. The fraction of sp³-hybridized carbons (Fsp3) is 0.500. The molecule has 94 valence electrons. The van der Waals surface area contributed by atoms with Gasteiger partial charge in [-0.25, -0.2) is 4.79 Å². The molecule has 1 N–H and O–H groups in total. The summed E-state index contributed by atoms with van der Waals surface area (Å²) in [5, 5.41) is 12.0. The predicted molar refractivity (Wildman–Crippen MR) is 67.3 cm³/mol. The highest BCUT2D eigenvalue weighted by molar-refractivity contribution is 7.99. The van der Waals surface area contributed by atoms with Gasteiger partial charge in [-0.3, -0.25) is 13.9 Å². The summed E-state index contributed by atoms with van der Waals surface area (Å²) in [4.78, 5) is 23.6. The molecule has 0 fully saturated rings. The van der Waals surface area contributed by atoms with Gasteiger partial charge in [0.25, 0.3) is 5.56 Å². The Morgan fingerprint density at radius 1 is 1.35 bits per heavy atom. The van der Waals surface area contributed by atoms with Crippen LogP contribution in [-0.4, -0.2) is 26.3 Å². The monoisotopic (exact) mass is 257 g/mol. The third kappa shape index (κ3) is 2.60. The number of nitrogens with zero attached hydrogens (tertiary/aromatic N) is 3. The topological polar surface area (TPSA) is 76.6 Å². The van der Waals surface area contributed by atoms with Crippen LogP contribution in [0.2, 0.25) is 0 Å². The molecule has 1 rings (SSSR count). The van der Waals surface area contributed by atoms with Gasteiger partial charge in [0.15, 0.2) is 0 Å². The number of thioether (sulfide) groups is 1. The minimum atomic E-state index is -0.454. The van der Waals surface area contributed by atoms with E-state index in [9.17, 15) is 9.59 Å². The number of rotatable bonds is 4. The highest BCUT2D eigenvalue weighted by Crippen LogP contribution is 2.18. The molecule has 0 aromatic carbocycles. The second kappa shape index (κ2) is 5.72. The van der Waals surface area contributed by atoms with Crippen LogP contribution in [0.4, 0.5) is 0 Å². The second-order valence-corrected chi connectivity index (χ2v) is 4.60. The van der Waals surface area contributed by atoms with Crippen molar-refractivity contribution in [1.82, 2.24) is 9.13 Å². The summed E-state index contributed by atoms with van der Waals surface area (Å²) in [5.41, 5.74) is -0.608. The summed E-state index contributed by atoms with van der Waals surface area (Å²) in [5.74, 6) is 0.784. The van der Waals surface area contributed by atoms with E-state index in [-0.39, 0.29) is 11.3 Å². The van der Waals surface area contributed by atoms with Crippen LogP contribution in [0.25, 0.3) is 0 Å². The van der Waals surface area contributed by atoms with Crippen molar-refractivity contribution in [3.05, 3.63) is 26.4 Å². The molecule has 0 unspecified atom stereocenters. The minimum Gasteiger partial charge on any atom is -0.411 e. The van der Waals surface area contributed by atoms with Crippen LogP contribution in [0.5, 0.6) is 0 Å². The summed E-state index contributed by atoms with van der Waals surface area (Å²) >= 11 is 1.40. The van der Waals surface area contributed by atoms with Gasteiger partial charge in [0.05, 0.1) is 16.8 Å². The van der Waals surface area contributed by atoms with Gasteiger partial charge in [0.1, 0.15) is 0 Å². The molecular formula is C10H15N3O3S. The molecule has 7 heteroatoms. The normalized spacial score (nSPS) is 11.2. The summed E-state index contributed by atoms with van der Waals surface area (Å²) in [6.45, 7) is 2.01. The predicted octanol–water partition coefficient (Wildman–Crippen LogP) is 0.394. The fourth-order valence-corrected chi connectivity index (χ4v) is 2.36. The smallest absolute Gasteiger partial charge is 0.331 e. The number of hydrogen-bond acceptors (Lipinski definition) is 5. The third-order valence-electron chi connectivity index (χ3n) is 2.27.